The SMILES string of the molecule is CC(=O)Oc1ccc(C=CC(=O)Oc2cc(OC(=O)C=Cc3ccc(OC(C)=O)cc3)cc(OC(=O)C=Cc3ccc(OC(C)=O)cc3)c2)cc1. The Kier molecular flexibility index (Phi) is 12.9. The minimum Gasteiger partial charge on any atom is -0.427 e. The number of carbonyl (C=O) groups is 6. The van der Waals surface area contributed by atoms with Gasteiger partial charge < -0.3 is 28.4 Å². The number of hydrogen-bond donors (Lipinski definition) is 0. The van der Waals surface area contributed by atoms with Crippen LogP contribution in [0.25, 0.3) is 18.2 Å². The first-order valence-electron chi connectivity index (χ1n) is 15.1. The van der Waals surface area contributed by atoms with E-state index in [9.17, 15) is 28.8 Å². The van der Waals surface area contributed by atoms with E-state index in [1.54, 1.807) is 72.8 Å². The van der Waals surface area contributed by atoms with E-state index in [-0.39, 0.29) is 17.2 Å². The van der Waals surface area contributed by atoms with Crippen molar-refractivity contribution in [2.24, 2.45) is 0 Å². The number of esters is 6. The summed E-state index contributed by atoms with van der Waals surface area (Å²) in [6.45, 7) is 3.84. The zero-order valence-corrected chi connectivity index (χ0v) is 27.5. The molecule has 0 atom stereocenters. The van der Waals surface area contributed by atoms with Crippen LogP contribution >= 0.6 is 0 Å². The summed E-state index contributed by atoms with van der Waals surface area (Å²) in [5.41, 5.74) is 1.84. The molecular formula is C39H30O12. The summed E-state index contributed by atoms with van der Waals surface area (Å²) in [6, 6.07) is 22.9. The lowest BCUT2D eigenvalue weighted by Crippen LogP contribution is -2.08. The molecule has 4 aromatic rings. The Labute approximate surface area is 292 Å². The molecule has 0 bridgehead atoms. The molecule has 0 heterocycles. The maximum absolute atomic E-state index is 12.7. The first-order chi connectivity index (χ1) is 24.4. The van der Waals surface area contributed by atoms with E-state index in [0.717, 1.165) is 18.2 Å². The highest BCUT2D eigenvalue weighted by molar-refractivity contribution is 5.91. The van der Waals surface area contributed by atoms with Crippen molar-refractivity contribution in [3.8, 4) is 34.5 Å². The molecule has 12 heteroatoms. The van der Waals surface area contributed by atoms with E-state index in [4.69, 9.17) is 28.4 Å². The second-order valence-corrected chi connectivity index (χ2v) is 10.4. The Morgan fingerprint density at radius 3 is 0.804 bits per heavy atom. The molecule has 0 aliphatic heterocycles. The van der Waals surface area contributed by atoms with Crippen molar-refractivity contribution in [3.05, 3.63) is 126 Å². The van der Waals surface area contributed by atoms with Gasteiger partial charge in [-0.25, -0.2) is 14.4 Å². The van der Waals surface area contributed by atoms with E-state index in [0.29, 0.717) is 33.9 Å². The summed E-state index contributed by atoms with van der Waals surface area (Å²) in [7, 11) is 0. The number of rotatable bonds is 12. The summed E-state index contributed by atoms with van der Waals surface area (Å²) in [4.78, 5) is 71.4. The second kappa shape index (κ2) is 17.9. The van der Waals surface area contributed by atoms with Crippen LogP contribution < -0.4 is 28.4 Å². The van der Waals surface area contributed by atoms with Crippen LogP contribution in [0.5, 0.6) is 34.5 Å². The van der Waals surface area contributed by atoms with Crippen molar-refractivity contribution >= 4 is 54.0 Å². The highest BCUT2D eigenvalue weighted by Crippen LogP contribution is 2.29. The van der Waals surface area contributed by atoms with Gasteiger partial charge in [-0.3, -0.25) is 14.4 Å². The Morgan fingerprint density at radius 1 is 0.353 bits per heavy atom. The Bertz CT molecular complexity index is 1760. The zero-order valence-electron chi connectivity index (χ0n) is 27.5. The molecule has 0 fully saturated rings. The number of benzene rings is 4. The smallest absolute Gasteiger partial charge is 0.336 e. The van der Waals surface area contributed by atoms with Crippen molar-refractivity contribution in [1.29, 1.82) is 0 Å². The molecular weight excluding hydrogens is 660 g/mol. The van der Waals surface area contributed by atoms with Crippen LogP contribution in [0, 0.1) is 0 Å². The van der Waals surface area contributed by atoms with Gasteiger partial charge in [-0.05, 0) is 71.3 Å². The first-order valence-corrected chi connectivity index (χ1v) is 15.1. The molecule has 12 nitrogen and oxygen atoms in total. The molecule has 0 aliphatic rings. The minimum absolute atomic E-state index is 0.0990. The lowest BCUT2D eigenvalue weighted by molar-refractivity contribution is -0.132. The summed E-state index contributed by atoms with van der Waals surface area (Å²) in [5.74, 6) is -3.06. The molecule has 0 radical (unpaired) electrons. The number of ether oxygens (including phenoxy) is 6. The van der Waals surface area contributed by atoms with E-state index in [1.807, 2.05) is 0 Å². The summed E-state index contributed by atoms with van der Waals surface area (Å²) in [6.07, 6.45) is 7.86. The third-order valence-corrected chi connectivity index (χ3v) is 6.17. The Morgan fingerprint density at radius 2 is 0.588 bits per heavy atom. The topological polar surface area (TPSA) is 158 Å². The summed E-state index contributed by atoms with van der Waals surface area (Å²) >= 11 is 0. The van der Waals surface area contributed by atoms with Crippen molar-refractivity contribution in [2.45, 2.75) is 20.8 Å². The molecule has 0 N–H and O–H groups in total. The summed E-state index contributed by atoms with van der Waals surface area (Å²) < 4.78 is 31.2. The highest BCUT2D eigenvalue weighted by atomic mass is 16.6. The third kappa shape index (κ3) is 13.2. The fourth-order valence-corrected chi connectivity index (χ4v) is 4.10. The van der Waals surface area contributed by atoms with Crippen molar-refractivity contribution < 1.29 is 57.2 Å². The maximum atomic E-state index is 12.7. The Hall–Kier alpha value is -7.08. The molecule has 0 spiro atoms. The van der Waals surface area contributed by atoms with Gasteiger partial charge in [0.1, 0.15) is 34.5 Å². The minimum atomic E-state index is -0.797. The first kappa shape index (κ1) is 36.8. The molecule has 0 aromatic heterocycles. The monoisotopic (exact) mass is 690 g/mol. The lowest BCUT2D eigenvalue weighted by Gasteiger charge is -2.09. The van der Waals surface area contributed by atoms with Gasteiger partial charge in [0.25, 0.3) is 0 Å². The normalized spacial score (nSPS) is 10.9. The average molecular weight is 691 g/mol. The maximum Gasteiger partial charge on any atom is 0.336 e. The van der Waals surface area contributed by atoms with Gasteiger partial charge in [0.15, 0.2) is 0 Å². The van der Waals surface area contributed by atoms with Crippen LogP contribution in [0.1, 0.15) is 37.5 Å². The zero-order chi connectivity index (χ0) is 36.8. The van der Waals surface area contributed by atoms with Gasteiger partial charge in [-0.1, -0.05) is 36.4 Å². The van der Waals surface area contributed by atoms with Gasteiger partial charge in [-0.15, -0.1) is 0 Å². The summed E-state index contributed by atoms with van der Waals surface area (Å²) in [5, 5.41) is 0. The van der Waals surface area contributed by atoms with E-state index in [2.05, 4.69) is 0 Å². The van der Waals surface area contributed by atoms with Gasteiger partial charge in [0.05, 0.1) is 0 Å². The molecule has 4 aromatic carbocycles. The molecule has 0 saturated carbocycles. The molecule has 0 amide bonds. The number of carbonyl (C=O) groups excluding carboxylic acids is 6. The molecule has 51 heavy (non-hydrogen) atoms. The van der Waals surface area contributed by atoms with Crippen molar-refractivity contribution in [2.75, 3.05) is 0 Å². The van der Waals surface area contributed by atoms with Gasteiger partial charge in [-0.2, -0.15) is 0 Å². The fraction of sp³-hybridized carbons (Fsp3) is 0.0769. The van der Waals surface area contributed by atoms with E-state index in [1.165, 1.54) is 57.2 Å². The lowest BCUT2D eigenvalue weighted by atomic mass is 10.2. The quantitative estimate of drug-likeness (QED) is 0.0927. The predicted octanol–water partition coefficient (Wildman–Crippen LogP) is 6.32. The standard InChI is InChI=1S/C39H30O12/c1-25(40)46-31-13-4-28(5-14-31)10-19-37(43)49-34-22-35(50-38(44)20-11-29-6-15-32(16-7-29)47-26(2)41)24-36(23-34)51-39(45)21-12-30-8-17-33(18-9-30)48-27(3)42/h4-24H,1-3H3. The second-order valence-electron chi connectivity index (χ2n) is 10.4. The molecule has 0 saturated heterocycles. The van der Waals surface area contributed by atoms with E-state index >= 15 is 0 Å². The molecule has 4 rings (SSSR count). The fourth-order valence-electron chi connectivity index (χ4n) is 4.10. The van der Waals surface area contributed by atoms with Crippen LogP contribution in [-0.4, -0.2) is 35.8 Å². The van der Waals surface area contributed by atoms with Gasteiger partial charge >= 0.3 is 35.8 Å². The Balaban J connectivity index is 1.48. The number of hydrogen-bond acceptors (Lipinski definition) is 12. The van der Waals surface area contributed by atoms with Gasteiger partial charge in [0.2, 0.25) is 0 Å². The van der Waals surface area contributed by atoms with E-state index < -0.39 is 35.8 Å². The molecule has 258 valence electrons. The highest BCUT2D eigenvalue weighted by Gasteiger charge is 2.12. The van der Waals surface area contributed by atoms with Crippen molar-refractivity contribution in [3.63, 3.8) is 0 Å². The van der Waals surface area contributed by atoms with Crippen LogP contribution in [0.15, 0.2) is 109 Å². The van der Waals surface area contributed by atoms with Gasteiger partial charge in [0, 0.05) is 57.2 Å². The van der Waals surface area contributed by atoms with Crippen LogP contribution in [-0.2, 0) is 28.8 Å². The van der Waals surface area contributed by atoms with Crippen LogP contribution in [0.3, 0.4) is 0 Å². The van der Waals surface area contributed by atoms with Crippen LogP contribution in [0.2, 0.25) is 0 Å². The third-order valence-electron chi connectivity index (χ3n) is 6.17. The molecule has 0 aliphatic carbocycles. The van der Waals surface area contributed by atoms with Crippen LogP contribution in [0.4, 0.5) is 0 Å². The largest absolute Gasteiger partial charge is 0.427 e. The average Bonchev–Trinajstić information content (AvgIpc) is 3.06. The molecule has 0 unspecified atom stereocenters. The van der Waals surface area contributed by atoms with Crippen molar-refractivity contribution in [1.82, 2.24) is 0 Å². The predicted molar refractivity (Wildman–Crippen MR) is 184 cm³/mol.